The molecule has 2 atom stereocenters. The van der Waals surface area contributed by atoms with Crippen LogP contribution in [0.2, 0.25) is 0 Å². The summed E-state index contributed by atoms with van der Waals surface area (Å²) in [4.78, 5) is 15.6. The Hall–Kier alpha value is -1.59. The number of likely N-dealkylation sites (tertiary alicyclic amines) is 1. The zero-order chi connectivity index (χ0) is 20.5. The van der Waals surface area contributed by atoms with Crippen LogP contribution in [0, 0.1) is 5.92 Å². The molecule has 1 saturated heterocycles. The number of rotatable bonds is 10. The molecular weight excluding hydrogens is 364 g/mol. The van der Waals surface area contributed by atoms with Crippen molar-refractivity contribution in [1.29, 1.82) is 0 Å². The van der Waals surface area contributed by atoms with Crippen LogP contribution in [0.1, 0.15) is 65.2 Å². The van der Waals surface area contributed by atoms with Gasteiger partial charge in [0, 0.05) is 18.8 Å². The van der Waals surface area contributed by atoms with Gasteiger partial charge in [-0.05, 0) is 88.2 Å². The van der Waals surface area contributed by atoms with E-state index in [1.54, 1.807) is 0 Å². The molecule has 0 bridgehead atoms. The lowest BCUT2D eigenvalue weighted by atomic mass is 9.78. The predicted octanol–water partition coefficient (Wildman–Crippen LogP) is 4.87. The van der Waals surface area contributed by atoms with Crippen molar-refractivity contribution in [2.24, 2.45) is 5.92 Å². The third-order valence-electron chi connectivity index (χ3n) is 6.15. The first-order chi connectivity index (χ1) is 14.1. The summed E-state index contributed by atoms with van der Waals surface area (Å²) in [5, 5.41) is 3.09. The Morgan fingerprint density at radius 3 is 2.62 bits per heavy atom. The maximum Gasteiger partial charge on any atom is 0.256 e. The molecule has 1 amide bonds. The quantitative estimate of drug-likeness (QED) is 0.568. The minimum Gasteiger partial charge on any atom is -0.494 e. The second-order valence-electron chi connectivity index (χ2n) is 8.77. The number of nitrogens with zero attached hydrogens (tertiary/aromatic N) is 1. The predicted molar refractivity (Wildman–Crippen MR) is 117 cm³/mol. The van der Waals surface area contributed by atoms with E-state index in [2.05, 4.69) is 24.1 Å². The zero-order valence-corrected chi connectivity index (χ0v) is 18.3. The highest BCUT2D eigenvalue weighted by molar-refractivity contribution is 5.97. The van der Waals surface area contributed by atoms with Gasteiger partial charge in [-0.25, -0.2) is 0 Å². The molecule has 0 aromatic heterocycles. The number of amides is 1. The molecule has 5 heteroatoms. The summed E-state index contributed by atoms with van der Waals surface area (Å²) in [6, 6.07) is 7.73. The highest BCUT2D eigenvalue weighted by Gasteiger charge is 2.42. The molecule has 2 fully saturated rings. The largest absolute Gasteiger partial charge is 0.494 e. The van der Waals surface area contributed by atoms with Crippen LogP contribution in [0.4, 0.5) is 5.69 Å². The van der Waals surface area contributed by atoms with Gasteiger partial charge in [0.1, 0.15) is 11.4 Å². The normalized spacial score (nSPS) is 25.1. The lowest BCUT2D eigenvalue weighted by molar-refractivity contribution is -0.148. The number of benzene rings is 1. The summed E-state index contributed by atoms with van der Waals surface area (Å²) >= 11 is 0. The molecule has 1 aromatic carbocycles. The Kier molecular flexibility index (Phi) is 8.37. The van der Waals surface area contributed by atoms with E-state index in [0.29, 0.717) is 12.5 Å². The minimum absolute atomic E-state index is 0.00298. The standard InChI is InChI=1S/C24H38N2O3/c1-3-17-29-24(13-6-8-20(2)19-24)23(27)25-21-9-11-22(12-10-21)28-18-7-16-26-14-4-5-15-26/h9-12,20H,3-8,13-19H2,1-2H3,(H,25,27). The Morgan fingerprint density at radius 2 is 1.93 bits per heavy atom. The molecule has 1 N–H and O–H groups in total. The molecule has 1 saturated carbocycles. The molecule has 1 heterocycles. The first-order valence-corrected chi connectivity index (χ1v) is 11.5. The highest BCUT2D eigenvalue weighted by Crippen LogP contribution is 2.36. The van der Waals surface area contributed by atoms with Crippen molar-refractivity contribution in [1.82, 2.24) is 4.90 Å². The van der Waals surface area contributed by atoms with Gasteiger partial charge in [0.2, 0.25) is 0 Å². The van der Waals surface area contributed by atoms with E-state index < -0.39 is 5.60 Å². The van der Waals surface area contributed by atoms with Gasteiger partial charge in [-0.2, -0.15) is 0 Å². The van der Waals surface area contributed by atoms with Crippen molar-refractivity contribution in [3.05, 3.63) is 24.3 Å². The number of anilines is 1. The first-order valence-electron chi connectivity index (χ1n) is 11.5. The van der Waals surface area contributed by atoms with Crippen LogP contribution in [0.15, 0.2) is 24.3 Å². The SMILES string of the molecule is CCCOC1(C(=O)Nc2ccc(OCCCN3CCCC3)cc2)CCCC(C)C1. The van der Waals surface area contributed by atoms with E-state index >= 15 is 0 Å². The molecule has 162 valence electrons. The van der Waals surface area contributed by atoms with Gasteiger partial charge in [-0.15, -0.1) is 0 Å². The van der Waals surface area contributed by atoms with E-state index in [-0.39, 0.29) is 5.91 Å². The second-order valence-corrected chi connectivity index (χ2v) is 8.77. The molecule has 0 spiro atoms. The van der Waals surface area contributed by atoms with E-state index in [4.69, 9.17) is 9.47 Å². The summed E-state index contributed by atoms with van der Waals surface area (Å²) in [5.41, 5.74) is 0.121. The molecule has 29 heavy (non-hydrogen) atoms. The molecule has 1 aromatic rings. The smallest absolute Gasteiger partial charge is 0.256 e. The van der Waals surface area contributed by atoms with Crippen molar-refractivity contribution in [3.8, 4) is 5.75 Å². The van der Waals surface area contributed by atoms with Gasteiger partial charge in [0.15, 0.2) is 0 Å². The Morgan fingerprint density at radius 1 is 1.17 bits per heavy atom. The lowest BCUT2D eigenvalue weighted by Gasteiger charge is -2.38. The van der Waals surface area contributed by atoms with Gasteiger partial charge in [-0.1, -0.05) is 20.3 Å². The van der Waals surface area contributed by atoms with E-state index in [1.807, 2.05) is 24.3 Å². The maximum atomic E-state index is 13.1. The fraction of sp³-hybridized carbons (Fsp3) is 0.708. The molecule has 2 unspecified atom stereocenters. The van der Waals surface area contributed by atoms with Gasteiger partial charge >= 0.3 is 0 Å². The van der Waals surface area contributed by atoms with Gasteiger partial charge in [-0.3, -0.25) is 4.79 Å². The molecule has 3 rings (SSSR count). The summed E-state index contributed by atoms with van der Waals surface area (Å²) < 4.78 is 12.0. The van der Waals surface area contributed by atoms with Crippen LogP contribution >= 0.6 is 0 Å². The Bertz CT molecular complexity index is 628. The Balaban J connectivity index is 1.48. The third-order valence-corrected chi connectivity index (χ3v) is 6.15. The van der Waals surface area contributed by atoms with E-state index in [9.17, 15) is 4.79 Å². The second kappa shape index (κ2) is 11.0. The van der Waals surface area contributed by atoms with Crippen molar-refractivity contribution < 1.29 is 14.3 Å². The third kappa shape index (κ3) is 6.45. The highest BCUT2D eigenvalue weighted by atomic mass is 16.5. The van der Waals surface area contributed by atoms with Crippen LogP contribution in [0.5, 0.6) is 5.75 Å². The van der Waals surface area contributed by atoms with Crippen LogP contribution in [-0.2, 0) is 9.53 Å². The maximum absolute atomic E-state index is 13.1. The summed E-state index contributed by atoms with van der Waals surface area (Å²) in [6.45, 7) is 9.24. The van der Waals surface area contributed by atoms with E-state index in [0.717, 1.165) is 56.7 Å². The van der Waals surface area contributed by atoms with Crippen LogP contribution in [0.25, 0.3) is 0 Å². The minimum atomic E-state index is -0.682. The summed E-state index contributed by atoms with van der Waals surface area (Å²) in [5.74, 6) is 1.37. The van der Waals surface area contributed by atoms with Crippen molar-refractivity contribution in [2.45, 2.75) is 70.8 Å². The Labute approximate surface area is 176 Å². The number of carbonyl (C=O) groups excluding carboxylic acids is 1. The molecule has 1 aliphatic carbocycles. The molecular formula is C24H38N2O3. The lowest BCUT2D eigenvalue weighted by Crippen LogP contribution is -2.48. The van der Waals surface area contributed by atoms with Crippen LogP contribution in [0.3, 0.4) is 0 Å². The zero-order valence-electron chi connectivity index (χ0n) is 18.3. The number of nitrogens with one attached hydrogen (secondary N) is 1. The molecule has 1 aliphatic heterocycles. The molecule has 2 aliphatic rings. The number of hydrogen-bond acceptors (Lipinski definition) is 4. The first kappa shape index (κ1) is 22.1. The fourth-order valence-corrected chi connectivity index (χ4v) is 4.57. The average molecular weight is 403 g/mol. The molecule has 0 radical (unpaired) electrons. The van der Waals surface area contributed by atoms with Crippen LogP contribution in [-0.4, -0.2) is 49.3 Å². The summed E-state index contributed by atoms with van der Waals surface area (Å²) in [6.07, 6.45) is 8.46. The molecule has 5 nitrogen and oxygen atoms in total. The number of carbonyl (C=O) groups is 1. The van der Waals surface area contributed by atoms with Gasteiger partial charge in [0.05, 0.1) is 6.61 Å². The number of hydrogen-bond donors (Lipinski definition) is 1. The van der Waals surface area contributed by atoms with Crippen molar-refractivity contribution in [2.75, 3.05) is 38.2 Å². The van der Waals surface area contributed by atoms with E-state index in [1.165, 1.54) is 32.4 Å². The number of ether oxygens (including phenoxy) is 2. The van der Waals surface area contributed by atoms with Gasteiger partial charge < -0.3 is 19.7 Å². The van der Waals surface area contributed by atoms with Crippen molar-refractivity contribution in [3.63, 3.8) is 0 Å². The van der Waals surface area contributed by atoms with Crippen LogP contribution < -0.4 is 10.1 Å². The average Bonchev–Trinajstić information content (AvgIpc) is 3.24. The fourth-order valence-electron chi connectivity index (χ4n) is 4.57. The van der Waals surface area contributed by atoms with Gasteiger partial charge in [0.25, 0.3) is 5.91 Å². The topological polar surface area (TPSA) is 50.8 Å². The van der Waals surface area contributed by atoms with Crippen molar-refractivity contribution >= 4 is 11.6 Å². The summed E-state index contributed by atoms with van der Waals surface area (Å²) in [7, 11) is 0. The monoisotopic (exact) mass is 402 g/mol.